The predicted octanol–water partition coefficient (Wildman–Crippen LogP) is 7.92. The first kappa shape index (κ1) is 43.4. The number of likely N-dealkylation sites (tertiary alicyclic amines) is 1. The number of phenols is 1. The van der Waals surface area contributed by atoms with Gasteiger partial charge in [0.25, 0.3) is 0 Å². The zero-order valence-electron chi connectivity index (χ0n) is 36.1. The van der Waals surface area contributed by atoms with Crippen LogP contribution < -0.4 is 10.9 Å². The molecular formula is C46H59N6O6S2Si+. The summed E-state index contributed by atoms with van der Waals surface area (Å²) in [5.74, 6) is -0.552. The number of rotatable bonds is 15. The third-order valence-corrected chi connectivity index (χ3v) is 19.9. The van der Waals surface area contributed by atoms with E-state index in [0.717, 1.165) is 91.2 Å². The SMILES string of the molecule is CC(C)(C)[Si](C)(C)O[C@@H](CNCc1cc2nnn(CCC[N+]3(C)CCC(OC(=O)C(O)(c4cccs4)c4cccs4)CC3)c2c2c1CCC2)c1ccc(O)c2[nH]c(=O)ccc12. The number of H-pyrrole nitrogens is 1. The van der Waals surface area contributed by atoms with E-state index < -0.39 is 19.9 Å². The number of aliphatic hydroxyl groups is 1. The number of ether oxygens (including phenoxy) is 1. The number of piperidine rings is 1. The molecule has 2 aliphatic rings. The van der Waals surface area contributed by atoms with E-state index in [-0.39, 0.29) is 28.6 Å². The lowest BCUT2D eigenvalue weighted by atomic mass is 9.99. The van der Waals surface area contributed by atoms with Crippen molar-refractivity contribution in [2.45, 2.75) is 108 Å². The summed E-state index contributed by atoms with van der Waals surface area (Å²) in [6, 6.07) is 16.3. The Labute approximate surface area is 366 Å². The van der Waals surface area contributed by atoms with Crippen LogP contribution in [0, 0.1) is 0 Å². The number of aryl methyl sites for hydroxylation is 2. The minimum Gasteiger partial charge on any atom is -0.506 e. The molecule has 4 N–H and O–H groups in total. The smallest absolute Gasteiger partial charge is 0.349 e. The first-order valence-electron chi connectivity index (χ1n) is 21.5. The quantitative estimate of drug-likeness (QED) is 0.0458. The summed E-state index contributed by atoms with van der Waals surface area (Å²) in [4.78, 5) is 29.7. The van der Waals surface area contributed by atoms with Gasteiger partial charge in [0, 0.05) is 50.3 Å². The van der Waals surface area contributed by atoms with Gasteiger partial charge >= 0.3 is 5.97 Å². The van der Waals surface area contributed by atoms with Crippen LogP contribution >= 0.6 is 22.7 Å². The van der Waals surface area contributed by atoms with Crippen LogP contribution in [0.15, 0.2) is 70.2 Å². The minimum absolute atomic E-state index is 0.0131. The molecular weight excluding hydrogens is 825 g/mol. The van der Waals surface area contributed by atoms with E-state index in [1.807, 2.05) is 29.0 Å². The Hall–Kier alpha value is -4.22. The third-order valence-electron chi connectivity index (χ3n) is 13.5. The molecule has 8 rings (SSSR count). The molecule has 0 radical (unpaired) electrons. The van der Waals surface area contributed by atoms with E-state index >= 15 is 0 Å². The number of carbonyl (C=O) groups excluding carboxylic acids is 1. The highest BCUT2D eigenvalue weighted by atomic mass is 32.1. The average Bonchev–Trinajstić information content (AvgIpc) is 4.07. The average molecular weight is 884 g/mol. The molecule has 2 aromatic carbocycles. The van der Waals surface area contributed by atoms with Crippen LogP contribution in [0.1, 0.15) is 84.6 Å². The summed E-state index contributed by atoms with van der Waals surface area (Å²) < 4.78 is 16.1. The van der Waals surface area contributed by atoms with E-state index in [2.05, 4.69) is 67.2 Å². The number of nitrogens with zero attached hydrogens (tertiary/aromatic N) is 4. The molecule has 4 aromatic heterocycles. The lowest BCUT2D eigenvalue weighted by molar-refractivity contribution is -0.915. The maximum Gasteiger partial charge on any atom is 0.349 e. The fourth-order valence-corrected chi connectivity index (χ4v) is 11.9. The van der Waals surface area contributed by atoms with Gasteiger partial charge in [0.15, 0.2) is 8.32 Å². The summed E-state index contributed by atoms with van der Waals surface area (Å²) >= 11 is 2.72. The third kappa shape index (κ3) is 8.75. The molecule has 5 heterocycles. The summed E-state index contributed by atoms with van der Waals surface area (Å²) in [6.07, 6.45) is 5.04. The number of hydrogen-bond donors (Lipinski definition) is 4. The zero-order valence-corrected chi connectivity index (χ0v) is 38.8. The first-order chi connectivity index (χ1) is 29.1. The van der Waals surface area contributed by atoms with Crippen molar-refractivity contribution < 1.29 is 28.7 Å². The predicted molar refractivity (Wildman–Crippen MR) is 245 cm³/mol. The second kappa shape index (κ2) is 17.2. The van der Waals surface area contributed by atoms with Crippen molar-refractivity contribution in [2.75, 3.05) is 33.2 Å². The number of hydrogen-bond acceptors (Lipinski definition) is 11. The van der Waals surface area contributed by atoms with Crippen LogP contribution in [-0.4, -0.2) is 88.3 Å². The molecule has 0 bridgehead atoms. The highest BCUT2D eigenvalue weighted by Crippen LogP contribution is 2.42. The number of fused-ring (bicyclic) bond motifs is 4. The molecule has 0 unspecified atom stereocenters. The molecule has 61 heavy (non-hydrogen) atoms. The summed E-state index contributed by atoms with van der Waals surface area (Å²) in [6.45, 7) is 15.9. The Morgan fingerprint density at radius 1 is 1.05 bits per heavy atom. The van der Waals surface area contributed by atoms with Crippen molar-refractivity contribution in [3.63, 3.8) is 0 Å². The Morgan fingerprint density at radius 3 is 2.43 bits per heavy atom. The standard InChI is InChI=1S/C46H58N6O6S2Si/c1-45(2,3)61(5,6)58-38(33-15-17-37(53)42-34(33)16-18-41(54)48-42)29-47-28-30-27-36-43(35-12-7-11-32(30)35)51(50-49-36)21-10-22-52(4)23-19-31(20-24-52)57-44(55)46(56,39-13-8-25-59-39)40-14-9-26-60-40/h8-9,13-18,25-27,31,38,47,56H,7,10-12,19-24,28-29H2,1-6H3,(H-,48,49,50,53,54)/p+1/t31?,38-,52?/m0/s1. The molecule has 1 aliphatic heterocycles. The number of aromatic amines is 1. The van der Waals surface area contributed by atoms with E-state index in [1.54, 1.807) is 24.3 Å². The monoisotopic (exact) mass is 883 g/mol. The van der Waals surface area contributed by atoms with Crippen molar-refractivity contribution in [1.29, 1.82) is 0 Å². The largest absolute Gasteiger partial charge is 0.506 e. The fraction of sp³-hybridized carbons (Fsp3) is 0.478. The number of benzene rings is 2. The van der Waals surface area contributed by atoms with Gasteiger partial charge in [0.05, 0.1) is 53.6 Å². The fourth-order valence-electron chi connectivity index (χ4n) is 8.92. The van der Waals surface area contributed by atoms with Crippen LogP contribution in [0.3, 0.4) is 0 Å². The molecule has 1 fully saturated rings. The van der Waals surface area contributed by atoms with Gasteiger partial charge in [-0.25, -0.2) is 9.48 Å². The molecule has 0 spiro atoms. The van der Waals surface area contributed by atoms with Crippen LogP contribution in [-0.2, 0) is 45.5 Å². The van der Waals surface area contributed by atoms with Crippen LogP contribution in [0.2, 0.25) is 18.1 Å². The second-order valence-corrected chi connectivity index (χ2v) is 25.4. The molecule has 0 amide bonds. The maximum absolute atomic E-state index is 13.6. The van der Waals surface area contributed by atoms with Crippen molar-refractivity contribution in [3.8, 4) is 5.75 Å². The van der Waals surface area contributed by atoms with Gasteiger partial charge in [-0.05, 0) is 101 Å². The van der Waals surface area contributed by atoms with Gasteiger partial charge in [-0.1, -0.05) is 44.2 Å². The minimum atomic E-state index is -2.22. The highest BCUT2D eigenvalue weighted by molar-refractivity contribution is 7.12. The molecule has 15 heteroatoms. The highest BCUT2D eigenvalue weighted by Gasteiger charge is 2.46. The Bertz CT molecular complexity index is 2520. The number of phenolic OH excluding ortho intramolecular Hbond substituents is 1. The van der Waals surface area contributed by atoms with Crippen LogP contribution in [0.25, 0.3) is 21.9 Å². The van der Waals surface area contributed by atoms with E-state index in [9.17, 15) is 19.8 Å². The molecule has 1 saturated heterocycles. The molecule has 1 aliphatic carbocycles. The van der Waals surface area contributed by atoms with Crippen molar-refractivity contribution >= 4 is 58.9 Å². The maximum atomic E-state index is 13.6. The summed E-state index contributed by atoms with van der Waals surface area (Å²) in [5, 5.41) is 39.9. The number of aromatic nitrogens is 4. The van der Waals surface area contributed by atoms with Crippen molar-refractivity contribution in [2.24, 2.45) is 0 Å². The van der Waals surface area contributed by atoms with Crippen molar-refractivity contribution in [3.05, 3.63) is 108 Å². The van der Waals surface area contributed by atoms with Gasteiger partial charge in [-0.15, -0.1) is 27.8 Å². The van der Waals surface area contributed by atoms with Gasteiger partial charge < -0.3 is 34.2 Å². The van der Waals surface area contributed by atoms with Gasteiger partial charge in [0.1, 0.15) is 17.4 Å². The van der Waals surface area contributed by atoms with Gasteiger partial charge in [-0.2, -0.15) is 0 Å². The molecule has 0 saturated carbocycles. The summed E-state index contributed by atoms with van der Waals surface area (Å²) in [7, 11) is 0.0621. The van der Waals surface area contributed by atoms with E-state index in [4.69, 9.17) is 14.3 Å². The number of carbonyl (C=O) groups is 1. The van der Waals surface area contributed by atoms with E-state index in [0.29, 0.717) is 28.4 Å². The Kier molecular flexibility index (Phi) is 12.2. The normalized spacial score (nSPS) is 19.1. The van der Waals surface area contributed by atoms with E-state index in [1.165, 1.54) is 45.4 Å². The van der Waals surface area contributed by atoms with Gasteiger partial charge in [-0.3, -0.25) is 4.79 Å². The lowest BCUT2D eigenvalue weighted by Gasteiger charge is -2.40. The topological polar surface area (TPSA) is 152 Å². The molecule has 324 valence electrons. The van der Waals surface area contributed by atoms with Crippen molar-refractivity contribution in [1.82, 2.24) is 25.3 Å². The number of quaternary nitrogens is 1. The molecule has 12 nitrogen and oxygen atoms in total. The molecule has 6 aromatic rings. The zero-order chi connectivity index (χ0) is 43.2. The first-order valence-corrected chi connectivity index (χ1v) is 26.2. The number of nitrogens with one attached hydrogen (secondary N) is 2. The Balaban J connectivity index is 0.911. The molecule has 1 atom stereocenters. The van der Waals surface area contributed by atoms with Crippen LogP contribution in [0.4, 0.5) is 0 Å². The Morgan fingerprint density at radius 2 is 1.75 bits per heavy atom. The lowest BCUT2D eigenvalue weighted by Crippen LogP contribution is -2.52. The summed E-state index contributed by atoms with van der Waals surface area (Å²) in [5.41, 5.74) is 5.37. The number of pyridine rings is 1. The number of esters is 1. The van der Waals surface area contributed by atoms with Crippen LogP contribution in [0.5, 0.6) is 5.75 Å². The number of aromatic hydroxyl groups is 1. The number of thiophene rings is 2. The second-order valence-electron chi connectivity index (χ2n) is 18.7. The van der Waals surface area contributed by atoms with Gasteiger partial charge in [0.2, 0.25) is 11.2 Å².